The molecular weight excluding hydrogens is 239 g/mol. The summed E-state index contributed by atoms with van der Waals surface area (Å²) < 4.78 is 13.0. The molecule has 1 aromatic carbocycles. The molecule has 0 fully saturated rings. The van der Waals surface area contributed by atoms with E-state index in [9.17, 15) is 9.65 Å². The van der Waals surface area contributed by atoms with Gasteiger partial charge in [-0.2, -0.15) is 5.26 Å². The number of hydrogen-bond acceptors (Lipinski definition) is 2. The summed E-state index contributed by atoms with van der Waals surface area (Å²) in [5.74, 6) is -0.259. The van der Waals surface area contributed by atoms with Gasteiger partial charge in [0.1, 0.15) is 11.9 Å². The maximum absolute atomic E-state index is 13.0. The van der Waals surface area contributed by atoms with Gasteiger partial charge < -0.3 is 0 Å². The Hall–Kier alpha value is -2.21. The molecule has 1 aliphatic rings. The van der Waals surface area contributed by atoms with Gasteiger partial charge in [0.15, 0.2) is 0 Å². The molecule has 1 aliphatic carbocycles. The van der Waals surface area contributed by atoms with Crippen LogP contribution in [0, 0.1) is 17.1 Å². The monoisotopic (exact) mass is 252 g/mol. The van der Waals surface area contributed by atoms with E-state index in [0.717, 1.165) is 48.1 Å². The second kappa shape index (κ2) is 4.81. The molecule has 0 saturated carbocycles. The minimum atomic E-state index is -0.259. The summed E-state index contributed by atoms with van der Waals surface area (Å²) >= 11 is 0. The van der Waals surface area contributed by atoms with E-state index in [1.807, 2.05) is 0 Å². The third kappa shape index (κ3) is 2.10. The first kappa shape index (κ1) is 11.9. The van der Waals surface area contributed by atoms with Crippen LogP contribution in [0.3, 0.4) is 0 Å². The average Bonchev–Trinajstić information content (AvgIpc) is 2.47. The van der Waals surface area contributed by atoms with Crippen molar-refractivity contribution in [3.8, 4) is 17.2 Å². The Labute approximate surface area is 111 Å². The molecule has 1 aromatic heterocycles. The SMILES string of the molecule is N#Cc1cnc2c(c1-c1ccc(F)cc1)CCCC2. The lowest BCUT2D eigenvalue weighted by Crippen LogP contribution is -2.08. The van der Waals surface area contributed by atoms with Crippen molar-refractivity contribution in [2.75, 3.05) is 0 Å². The largest absolute Gasteiger partial charge is 0.260 e. The van der Waals surface area contributed by atoms with Crippen molar-refractivity contribution in [1.82, 2.24) is 4.98 Å². The Morgan fingerprint density at radius 3 is 2.58 bits per heavy atom. The molecule has 0 bridgehead atoms. The van der Waals surface area contributed by atoms with Crippen molar-refractivity contribution in [3.63, 3.8) is 0 Å². The minimum Gasteiger partial charge on any atom is -0.260 e. The molecule has 3 heteroatoms. The second-order valence-electron chi connectivity index (χ2n) is 4.80. The predicted molar refractivity (Wildman–Crippen MR) is 71.0 cm³/mol. The minimum absolute atomic E-state index is 0.259. The Morgan fingerprint density at radius 1 is 1.11 bits per heavy atom. The summed E-state index contributed by atoms with van der Waals surface area (Å²) in [6.07, 6.45) is 5.83. The third-order valence-electron chi connectivity index (χ3n) is 3.61. The van der Waals surface area contributed by atoms with Crippen molar-refractivity contribution >= 4 is 0 Å². The lowest BCUT2D eigenvalue weighted by atomic mass is 9.87. The number of benzene rings is 1. The molecule has 1 heterocycles. The average molecular weight is 252 g/mol. The molecule has 0 spiro atoms. The number of aryl methyl sites for hydroxylation is 1. The molecule has 0 radical (unpaired) electrons. The summed E-state index contributed by atoms with van der Waals surface area (Å²) in [6, 6.07) is 8.55. The summed E-state index contributed by atoms with van der Waals surface area (Å²) in [5.41, 5.74) is 4.67. The number of halogens is 1. The van der Waals surface area contributed by atoms with Gasteiger partial charge in [-0.05, 0) is 48.9 Å². The molecule has 0 saturated heterocycles. The number of aromatic nitrogens is 1. The Bertz CT molecular complexity index is 654. The van der Waals surface area contributed by atoms with Crippen LogP contribution < -0.4 is 0 Å². The van der Waals surface area contributed by atoms with Crippen LogP contribution >= 0.6 is 0 Å². The number of hydrogen-bond donors (Lipinski definition) is 0. The zero-order valence-electron chi connectivity index (χ0n) is 10.5. The van der Waals surface area contributed by atoms with Crippen molar-refractivity contribution in [2.45, 2.75) is 25.7 Å². The van der Waals surface area contributed by atoms with Gasteiger partial charge in [0.05, 0.1) is 5.56 Å². The Kier molecular flexibility index (Phi) is 3.00. The van der Waals surface area contributed by atoms with E-state index in [2.05, 4.69) is 11.1 Å². The fourth-order valence-corrected chi connectivity index (χ4v) is 2.70. The van der Waals surface area contributed by atoms with Crippen molar-refractivity contribution in [3.05, 3.63) is 53.1 Å². The van der Waals surface area contributed by atoms with Crippen molar-refractivity contribution < 1.29 is 4.39 Å². The number of pyridine rings is 1. The van der Waals surface area contributed by atoms with Gasteiger partial charge in [-0.15, -0.1) is 0 Å². The zero-order chi connectivity index (χ0) is 13.2. The maximum Gasteiger partial charge on any atom is 0.123 e. The predicted octanol–water partition coefficient (Wildman–Crippen LogP) is 3.64. The lowest BCUT2D eigenvalue weighted by Gasteiger charge is -2.19. The van der Waals surface area contributed by atoms with Crippen LogP contribution in [0.2, 0.25) is 0 Å². The van der Waals surface area contributed by atoms with Crippen LogP contribution in [-0.2, 0) is 12.8 Å². The van der Waals surface area contributed by atoms with Gasteiger partial charge >= 0.3 is 0 Å². The molecule has 94 valence electrons. The molecule has 3 rings (SSSR count). The summed E-state index contributed by atoms with van der Waals surface area (Å²) in [6.45, 7) is 0. The highest BCUT2D eigenvalue weighted by Gasteiger charge is 2.18. The van der Waals surface area contributed by atoms with Crippen LogP contribution in [0.25, 0.3) is 11.1 Å². The number of nitriles is 1. The van der Waals surface area contributed by atoms with Gasteiger partial charge in [-0.3, -0.25) is 4.98 Å². The second-order valence-corrected chi connectivity index (χ2v) is 4.80. The van der Waals surface area contributed by atoms with Crippen LogP contribution in [0.1, 0.15) is 29.7 Å². The molecule has 0 atom stereocenters. The standard InChI is InChI=1S/C16H13FN2/c17-13-7-5-11(6-8-13)16-12(9-18)10-19-15-4-2-1-3-14(15)16/h5-8,10H,1-4H2. The molecule has 0 N–H and O–H groups in total. The zero-order valence-corrected chi connectivity index (χ0v) is 10.5. The first-order chi connectivity index (χ1) is 9.29. The quantitative estimate of drug-likeness (QED) is 0.777. The Balaban J connectivity index is 2.23. The normalized spacial score (nSPS) is 13.7. The molecule has 0 aliphatic heterocycles. The topological polar surface area (TPSA) is 36.7 Å². The number of fused-ring (bicyclic) bond motifs is 1. The highest BCUT2D eigenvalue weighted by Crippen LogP contribution is 2.33. The van der Waals surface area contributed by atoms with Crippen LogP contribution in [0.5, 0.6) is 0 Å². The highest BCUT2D eigenvalue weighted by molar-refractivity contribution is 5.74. The number of rotatable bonds is 1. The van der Waals surface area contributed by atoms with Gasteiger partial charge in [-0.25, -0.2) is 4.39 Å². The van der Waals surface area contributed by atoms with Crippen molar-refractivity contribution in [1.29, 1.82) is 5.26 Å². The van der Waals surface area contributed by atoms with Gasteiger partial charge in [-0.1, -0.05) is 12.1 Å². The fraction of sp³-hybridized carbons (Fsp3) is 0.250. The van der Waals surface area contributed by atoms with E-state index >= 15 is 0 Å². The molecular formula is C16H13FN2. The van der Waals surface area contributed by atoms with E-state index in [1.54, 1.807) is 18.3 Å². The summed E-state index contributed by atoms with van der Waals surface area (Å²) in [5, 5.41) is 9.27. The molecule has 2 nitrogen and oxygen atoms in total. The van der Waals surface area contributed by atoms with Gasteiger partial charge in [0.2, 0.25) is 0 Å². The summed E-state index contributed by atoms with van der Waals surface area (Å²) in [7, 11) is 0. The first-order valence-corrected chi connectivity index (χ1v) is 6.46. The maximum atomic E-state index is 13.0. The van der Waals surface area contributed by atoms with Crippen LogP contribution in [0.4, 0.5) is 4.39 Å². The first-order valence-electron chi connectivity index (χ1n) is 6.46. The van der Waals surface area contributed by atoms with Gasteiger partial charge in [0, 0.05) is 17.5 Å². The van der Waals surface area contributed by atoms with Crippen LogP contribution in [-0.4, -0.2) is 4.98 Å². The van der Waals surface area contributed by atoms with E-state index in [-0.39, 0.29) is 5.82 Å². The smallest absolute Gasteiger partial charge is 0.123 e. The summed E-state index contributed by atoms with van der Waals surface area (Å²) in [4.78, 5) is 4.40. The Morgan fingerprint density at radius 2 is 1.84 bits per heavy atom. The fourth-order valence-electron chi connectivity index (χ4n) is 2.70. The van der Waals surface area contributed by atoms with E-state index in [4.69, 9.17) is 0 Å². The molecule has 0 unspecified atom stereocenters. The molecule has 0 amide bonds. The van der Waals surface area contributed by atoms with Crippen LogP contribution in [0.15, 0.2) is 30.5 Å². The van der Waals surface area contributed by atoms with Gasteiger partial charge in [0.25, 0.3) is 0 Å². The van der Waals surface area contributed by atoms with Crippen molar-refractivity contribution in [2.24, 2.45) is 0 Å². The molecule has 19 heavy (non-hydrogen) atoms. The van der Waals surface area contributed by atoms with E-state index in [0.29, 0.717) is 5.56 Å². The third-order valence-corrected chi connectivity index (χ3v) is 3.61. The molecule has 2 aromatic rings. The number of nitrogens with zero attached hydrogens (tertiary/aromatic N) is 2. The highest BCUT2D eigenvalue weighted by atomic mass is 19.1. The van der Waals surface area contributed by atoms with E-state index in [1.165, 1.54) is 12.1 Å². The lowest BCUT2D eigenvalue weighted by molar-refractivity contribution is 0.628. The van der Waals surface area contributed by atoms with E-state index < -0.39 is 0 Å².